The van der Waals surface area contributed by atoms with Crippen LogP contribution < -0.4 is 15.0 Å². The van der Waals surface area contributed by atoms with Crippen molar-refractivity contribution < 1.29 is 22.7 Å². The number of para-hydroxylation sites is 2. The molecule has 1 aliphatic heterocycles. The Balaban J connectivity index is 1.84. The minimum atomic E-state index is -4.46. The first-order chi connectivity index (χ1) is 11.9. The summed E-state index contributed by atoms with van der Waals surface area (Å²) in [6.07, 6.45) is -3.91. The summed E-state index contributed by atoms with van der Waals surface area (Å²) in [5.74, 6) is 0.583. The number of halogens is 3. The molecule has 0 aromatic heterocycles. The van der Waals surface area contributed by atoms with E-state index in [0.717, 1.165) is 12.1 Å². The van der Waals surface area contributed by atoms with E-state index >= 15 is 0 Å². The molecular formula is C18H17F3N2O2. The third kappa shape index (κ3) is 3.70. The summed E-state index contributed by atoms with van der Waals surface area (Å²) in [7, 11) is 0. The maximum Gasteiger partial charge on any atom is 0.416 e. The van der Waals surface area contributed by atoms with Crippen LogP contribution >= 0.6 is 0 Å². The van der Waals surface area contributed by atoms with Gasteiger partial charge in [0.05, 0.1) is 17.8 Å². The number of hydrogen-bond acceptors (Lipinski definition) is 2. The van der Waals surface area contributed by atoms with Crippen LogP contribution in [-0.4, -0.2) is 18.7 Å². The zero-order valence-electron chi connectivity index (χ0n) is 13.5. The Morgan fingerprint density at radius 3 is 2.72 bits per heavy atom. The van der Waals surface area contributed by atoms with E-state index in [1.165, 1.54) is 17.0 Å². The number of urea groups is 1. The molecule has 2 aromatic rings. The predicted molar refractivity (Wildman–Crippen MR) is 89.0 cm³/mol. The van der Waals surface area contributed by atoms with E-state index in [9.17, 15) is 18.0 Å². The molecule has 0 unspecified atom stereocenters. The Morgan fingerprint density at radius 1 is 1.24 bits per heavy atom. The molecule has 1 heterocycles. The number of fused-ring (bicyclic) bond motifs is 1. The Hall–Kier alpha value is -2.70. The molecule has 4 nitrogen and oxygen atoms in total. The van der Waals surface area contributed by atoms with Gasteiger partial charge in [0.1, 0.15) is 11.9 Å². The highest BCUT2D eigenvalue weighted by molar-refractivity contribution is 6.03. The predicted octanol–water partition coefficient (Wildman–Crippen LogP) is 4.91. The van der Waals surface area contributed by atoms with Crippen LogP contribution in [0, 0.1) is 0 Å². The first-order valence-electron chi connectivity index (χ1n) is 7.90. The monoisotopic (exact) mass is 350 g/mol. The van der Waals surface area contributed by atoms with Gasteiger partial charge in [0.2, 0.25) is 0 Å². The smallest absolute Gasteiger partial charge is 0.416 e. The molecule has 0 saturated heterocycles. The van der Waals surface area contributed by atoms with Crippen molar-refractivity contribution in [3.8, 4) is 5.75 Å². The Morgan fingerprint density at radius 2 is 2.00 bits per heavy atom. The number of alkyl halides is 3. The number of nitrogens with zero attached hydrogens (tertiary/aromatic N) is 1. The number of rotatable bonds is 2. The lowest BCUT2D eigenvalue weighted by Gasteiger charge is -2.34. The van der Waals surface area contributed by atoms with Gasteiger partial charge in [-0.1, -0.05) is 25.1 Å². The summed E-state index contributed by atoms with van der Waals surface area (Å²) in [4.78, 5) is 14.1. The summed E-state index contributed by atoms with van der Waals surface area (Å²) in [6.45, 7) is 2.28. The first-order valence-corrected chi connectivity index (χ1v) is 7.90. The zero-order valence-corrected chi connectivity index (χ0v) is 13.5. The lowest BCUT2D eigenvalue weighted by atomic mass is 10.1. The first kappa shape index (κ1) is 17.1. The molecule has 1 N–H and O–H groups in total. The Kier molecular flexibility index (Phi) is 4.57. The van der Waals surface area contributed by atoms with Crippen molar-refractivity contribution in [3.05, 3.63) is 54.1 Å². The van der Waals surface area contributed by atoms with Crippen LogP contribution in [0.15, 0.2) is 48.5 Å². The van der Waals surface area contributed by atoms with Crippen molar-refractivity contribution in [2.75, 3.05) is 16.8 Å². The van der Waals surface area contributed by atoms with Gasteiger partial charge in [-0.05, 0) is 36.8 Å². The largest absolute Gasteiger partial charge is 0.486 e. The molecule has 0 saturated carbocycles. The van der Waals surface area contributed by atoms with Crippen LogP contribution in [0.3, 0.4) is 0 Å². The van der Waals surface area contributed by atoms with Gasteiger partial charge in [-0.2, -0.15) is 13.2 Å². The standard InChI is InChI=1S/C18H17F3N2O2/c1-2-14-11-23(15-8-3-4-9-16(15)25-14)17(24)22-13-7-5-6-12(10-13)18(19,20)21/h3-10,14H,2,11H2,1H3,(H,22,24)/t14-/m0/s1. The van der Waals surface area contributed by atoms with Gasteiger partial charge in [0.25, 0.3) is 0 Å². The van der Waals surface area contributed by atoms with Crippen LogP contribution in [-0.2, 0) is 6.18 Å². The molecular weight excluding hydrogens is 333 g/mol. The molecule has 0 spiro atoms. The van der Waals surface area contributed by atoms with Crippen LogP contribution in [0.5, 0.6) is 5.75 Å². The Labute approximate surface area is 143 Å². The van der Waals surface area contributed by atoms with Crippen LogP contribution in [0.25, 0.3) is 0 Å². The van der Waals surface area contributed by atoms with E-state index in [-0.39, 0.29) is 11.8 Å². The summed E-state index contributed by atoms with van der Waals surface area (Å²) in [5, 5.41) is 2.54. The molecule has 1 aliphatic rings. The average Bonchev–Trinajstić information content (AvgIpc) is 2.60. The highest BCUT2D eigenvalue weighted by atomic mass is 19.4. The molecule has 25 heavy (non-hydrogen) atoms. The van der Waals surface area contributed by atoms with Crippen molar-refractivity contribution in [2.45, 2.75) is 25.6 Å². The van der Waals surface area contributed by atoms with Crippen molar-refractivity contribution >= 4 is 17.4 Å². The van der Waals surface area contributed by atoms with Crippen molar-refractivity contribution in [1.82, 2.24) is 0 Å². The number of hydrogen-bond donors (Lipinski definition) is 1. The highest BCUT2D eigenvalue weighted by Gasteiger charge is 2.31. The van der Waals surface area contributed by atoms with Crippen molar-refractivity contribution in [1.29, 1.82) is 0 Å². The van der Waals surface area contributed by atoms with Gasteiger partial charge >= 0.3 is 12.2 Å². The van der Waals surface area contributed by atoms with Gasteiger partial charge in [-0.25, -0.2) is 4.79 Å². The van der Waals surface area contributed by atoms with Gasteiger partial charge in [0, 0.05) is 5.69 Å². The molecule has 2 amide bonds. The fourth-order valence-corrected chi connectivity index (χ4v) is 2.67. The van der Waals surface area contributed by atoms with Gasteiger partial charge < -0.3 is 10.1 Å². The minimum absolute atomic E-state index is 0.0943. The van der Waals surface area contributed by atoms with E-state index in [1.807, 2.05) is 6.92 Å². The second kappa shape index (κ2) is 6.66. The maximum absolute atomic E-state index is 12.8. The molecule has 1 atom stereocenters. The van der Waals surface area contributed by atoms with Crippen LogP contribution in [0.2, 0.25) is 0 Å². The third-order valence-corrected chi connectivity index (χ3v) is 3.98. The molecule has 0 bridgehead atoms. The summed E-state index contributed by atoms with van der Waals surface area (Å²) in [6, 6.07) is 11.2. The second-order valence-electron chi connectivity index (χ2n) is 5.74. The third-order valence-electron chi connectivity index (χ3n) is 3.98. The van der Waals surface area contributed by atoms with E-state index < -0.39 is 17.8 Å². The Bertz CT molecular complexity index is 777. The molecule has 2 aromatic carbocycles. The summed E-state index contributed by atoms with van der Waals surface area (Å²) in [5.41, 5.74) is -0.118. The molecule has 0 fully saturated rings. The lowest BCUT2D eigenvalue weighted by Crippen LogP contribution is -2.45. The SMILES string of the molecule is CC[C@H]1CN(C(=O)Nc2cccc(C(F)(F)F)c2)c2ccccc2O1. The number of anilines is 2. The topological polar surface area (TPSA) is 41.6 Å². The van der Waals surface area contributed by atoms with E-state index in [4.69, 9.17) is 4.74 Å². The van der Waals surface area contributed by atoms with Gasteiger partial charge in [-0.3, -0.25) is 4.90 Å². The number of benzene rings is 2. The fourth-order valence-electron chi connectivity index (χ4n) is 2.67. The minimum Gasteiger partial charge on any atom is -0.486 e. The maximum atomic E-state index is 12.8. The normalized spacial score (nSPS) is 16.8. The van der Waals surface area contributed by atoms with E-state index in [1.54, 1.807) is 24.3 Å². The van der Waals surface area contributed by atoms with Crippen molar-refractivity contribution in [2.24, 2.45) is 0 Å². The fraction of sp³-hybridized carbons (Fsp3) is 0.278. The molecule has 132 valence electrons. The molecule has 7 heteroatoms. The molecule has 0 aliphatic carbocycles. The molecule has 3 rings (SSSR count). The summed E-state index contributed by atoms with van der Waals surface area (Å²) < 4.78 is 44.2. The van der Waals surface area contributed by atoms with Gasteiger partial charge in [0.15, 0.2) is 0 Å². The quantitative estimate of drug-likeness (QED) is 0.836. The van der Waals surface area contributed by atoms with Crippen molar-refractivity contribution in [3.63, 3.8) is 0 Å². The van der Waals surface area contributed by atoms with Crippen LogP contribution in [0.1, 0.15) is 18.9 Å². The number of amides is 2. The number of ether oxygens (including phenoxy) is 1. The zero-order chi connectivity index (χ0) is 18.0. The number of carbonyl (C=O) groups is 1. The summed E-state index contributed by atoms with van der Waals surface area (Å²) >= 11 is 0. The lowest BCUT2D eigenvalue weighted by molar-refractivity contribution is -0.137. The van der Waals surface area contributed by atoms with E-state index in [2.05, 4.69) is 5.32 Å². The highest BCUT2D eigenvalue weighted by Crippen LogP contribution is 2.35. The second-order valence-corrected chi connectivity index (χ2v) is 5.74. The number of nitrogens with one attached hydrogen (secondary N) is 1. The average molecular weight is 350 g/mol. The van der Waals surface area contributed by atoms with Crippen LogP contribution in [0.4, 0.5) is 29.3 Å². The van der Waals surface area contributed by atoms with Gasteiger partial charge in [-0.15, -0.1) is 0 Å². The van der Waals surface area contributed by atoms with E-state index in [0.29, 0.717) is 24.4 Å². The number of carbonyl (C=O) groups excluding carboxylic acids is 1. The molecule has 0 radical (unpaired) electrons.